The number of amides is 1. The highest BCUT2D eigenvalue weighted by molar-refractivity contribution is 6.34. The highest BCUT2D eigenvalue weighted by Crippen LogP contribution is 2.38. The average Bonchev–Trinajstić information content (AvgIpc) is 2.60. The number of benzene rings is 2. The van der Waals surface area contributed by atoms with Gasteiger partial charge in [-0.05, 0) is 12.1 Å². The molecule has 0 atom stereocenters. The summed E-state index contributed by atoms with van der Waals surface area (Å²) in [5.41, 5.74) is 0.383. The smallest absolute Gasteiger partial charge is 0.486 e. The zero-order chi connectivity index (χ0) is 19.4. The molecule has 1 heterocycles. The Bertz CT molecular complexity index is 883. The Morgan fingerprint density at radius 2 is 1.81 bits per heavy atom. The predicted octanol–water partition coefficient (Wildman–Crippen LogP) is 4.66. The van der Waals surface area contributed by atoms with Gasteiger partial charge in [0.15, 0.2) is 11.5 Å². The van der Waals surface area contributed by atoms with Crippen molar-refractivity contribution in [2.75, 3.05) is 18.5 Å². The Hall–Kier alpha value is -2.87. The number of para-hydroxylation sites is 1. The van der Waals surface area contributed by atoms with E-state index in [0.29, 0.717) is 24.7 Å². The van der Waals surface area contributed by atoms with Crippen LogP contribution in [0.25, 0.3) is 6.08 Å². The molecule has 1 amide bonds. The molecule has 9 heteroatoms. The van der Waals surface area contributed by atoms with Crippen molar-refractivity contribution in [3.63, 3.8) is 0 Å². The minimum atomic E-state index is -4.83. The average molecular weight is 400 g/mol. The van der Waals surface area contributed by atoms with Crippen LogP contribution in [-0.4, -0.2) is 25.5 Å². The molecular formula is C18H13ClF3NO4. The Balaban J connectivity index is 1.73. The first-order valence-electron chi connectivity index (χ1n) is 7.75. The summed E-state index contributed by atoms with van der Waals surface area (Å²) in [6, 6.07) is 8.50. The molecule has 1 aliphatic rings. The van der Waals surface area contributed by atoms with Gasteiger partial charge >= 0.3 is 6.36 Å². The number of nitrogens with one attached hydrogen (secondary N) is 1. The van der Waals surface area contributed by atoms with Crippen LogP contribution >= 0.6 is 11.6 Å². The number of anilines is 1. The summed E-state index contributed by atoms with van der Waals surface area (Å²) in [4.78, 5) is 12.1. The lowest BCUT2D eigenvalue weighted by atomic mass is 10.2. The van der Waals surface area contributed by atoms with Crippen molar-refractivity contribution in [3.8, 4) is 17.2 Å². The molecule has 0 radical (unpaired) electrons. The summed E-state index contributed by atoms with van der Waals surface area (Å²) < 4.78 is 52.0. The quantitative estimate of drug-likeness (QED) is 0.760. The number of rotatable bonds is 4. The van der Waals surface area contributed by atoms with Gasteiger partial charge in [-0.2, -0.15) is 0 Å². The molecule has 2 aromatic carbocycles. The second-order valence-corrected chi connectivity index (χ2v) is 5.79. The van der Waals surface area contributed by atoms with E-state index in [4.69, 9.17) is 21.1 Å². The lowest BCUT2D eigenvalue weighted by Gasteiger charge is -2.19. The molecule has 0 fully saturated rings. The van der Waals surface area contributed by atoms with Gasteiger partial charge in [0.1, 0.15) is 19.0 Å². The van der Waals surface area contributed by atoms with E-state index in [-0.39, 0.29) is 16.3 Å². The second-order valence-electron chi connectivity index (χ2n) is 5.38. The van der Waals surface area contributed by atoms with Crippen LogP contribution in [0.1, 0.15) is 5.56 Å². The second kappa shape index (κ2) is 7.79. The summed E-state index contributed by atoms with van der Waals surface area (Å²) in [7, 11) is 0. The van der Waals surface area contributed by atoms with Gasteiger partial charge in [-0.3, -0.25) is 4.79 Å². The summed E-state index contributed by atoms with van der Waals surface area (Å²) in [5, 5.41) is 2.78. The third kappa shape index (κ3) is 5.07. The van der Waals surface area contributed by atoms with E-state index < -0.39 is 18.0 Å². The van der Waals surface area contributed by atoms with Gasteiger partial charge < -0.3 is 19.5 Å². The van der Waals surface area contributed by atoms with E-state index in [2.05, 4.69) is 10.1 Å². The zero-order valence-electron chi connectivity index (χ0n) is 13.7. The van der Waals surface area contributed by atoms with Crippen molar-refractivity contribution in [2.24, 2.45) is 0 Å². The molecule has 0 bridgehead atoms. The highest BCUT2D eigenvalue weighted by Gasteiger charge is 2.31. The molecule has 0 aromatic heterocycles. The minimum absolute atomic E-state index is 0.0956. The molecule has 1 N–H and O–H groups in total. The van der Waals surface area contributed by atoms with Crippen LogP contribution in [0.4, 0.5) is 18.9 Å². The fraction of sp³-hybridized carbons (Fsp3) is 0.167. The zero-order valence-corrected chi connectivity index (χ0v) is 14.4. The van der Waals surface area contributed by atoms with Gasteiger partial charge in [0.2, 0.25) is 5.91 Å². The van der Waals surface area contributed by atoms with Crippen molar-refractivity contribution >= 4 is 29.3 Å². The van der Waals surface area contributed by atoms with E-state index in [0.717, 1.165) is 12.1 Å². The number of alkyl halides is 3. The number of halogens is 4. The maximum absolute atomic E-state index is 12.4. The lowest BCUT2D eigenvalue weighted by molar-refractivity contribution is -0.274. The number of hydrogen-bond donors (Lipinski definition) is 1. The normalized spacial score (nSPS) is 13.5. The van der Waals surface area contributed by atoms with Crippen LogP contribution in [0.2, 0.25) is 5.02 Å². The number of ether oxygens (including phenoxy) is 3. The molecule has 0 unspecified atom stereocenters. The van der Waals surface area contributed by atoms with Crippen LogP contribution in [0.15, 0.2) is 42.5 Å². The SMILES string of the molecule is O=C(/C=C/c1ccccc1OC(F)(F)F)Nc1cc2c(cc1Cl)OCCO2. The fourth-order valence-corrected chi connectivity index (χ4v) is 2.54. The summed E-state index contributed by atoms with van der Waals surface area (Å²) in [6.45, 7) is 0.773. The van der Waals surface area contributed by atoms with Gasteiger partial charge in [-0.1, -0.05) is 29.8 Å². The molecule has 0 aliphatic carbocycles. The summed E-state index contributed by atoms with van der Waals surface area (Å²) in [5.74, 6) is -0.0892. The molecule has 5 nitrogen and oxygen atoms in total. The van der Waals surface area contributed by atoms with Gasteiger partial charge in [0.05, 0.1) is 10.7 Å². The molecule has 2 aromatic rings. The van der Waals surface area contributed by atoms with Crippen molar-refractivity contribution in [3.05, 3.63) is 53.1 Å². The topological polar surface area (TPSA) is 56.8 Å². The van der Waals surface area contributed by atoms with E-state index in [1.807, 2.05) is 0 Å². The molecule has 0 spiro atoms. The van der Waals surface area contributed by atoms with Crippen molar-refractivity contribution < 1.29 is 32.2 Å². The first kappa shape index (κ1) is 18.9. The predicted molar refractivity (Wildman–Crippen MR) is 93.2 cm³/mol. The Labute approximate surface area is 157 Å². The van der Waals surface area contributed by atoms with Gasteiger partial charge in [-0.25, -0.2) is 0 Å². The lowest BCUT2D eigenvalue weighted by Crippen LogP contribution is -2.17. The van der Waals surface area contributed by atoms with Gasteiger partial charge in [0.25, 0.3) is 0 Å². The number of carbonyl (C=O) groups excluding carboxylic acids is 1. The third-order valence-electron chi connectivity index (χ3n) is 3.45. The van der Waals surface area contributed by atoms with Crippen molar-refractivity contribution in [2.45, 2.75) is 6.36 Å². The molecule has 1 aliphatic heterocycles. The first-order chi connectivity index (χ1) is 12.8. The van der Waals surface area contributed by atoms with Crippen LogP contribution < -0.4 is 19.5 Å². The molecule has 142 valence electrons. The monoisotopic (exact) mass is 399 g/mol. The number of carbonyl (C=O) groups is 1. The minimum Gasteiger partial charge on any atom is -0.486 e. The van der Waals surface area contributed by atoms with Gasteiger partial charge in [-0.15, -0.1) is 13.2 Å². The number of fused-ring (bicyclic) bond motifs is 1. The largest absolute Gasteiger partial charge is 0.573 e. The first-order valence-corrected chi connectivity index (χ1v) is 8.12. The Morgan fingerprint density at radius 3 is 2.52 bits per heavy atom. The third-order valence-corrected chi connectivity index (χ3v) is 3.76. The Morgan fingerprint density at radius 1 is 1.15 bits per heavy atom. The fourth-order valence-electron chi connectivity index (χ4n) is 2.34. The molecule has 3 rings (SSSR count). The standard InChI is InChI=1S/C18H13ClF3NO4/c19-12-9-15-16(26-8-7-25-15)10-13(12)23-17(24)6-5-11-3-1-2-4-14(11)27-18(20,21)22/h1-6,9-10H,7-8H2,(H,23,24)/b6-5+. The van der Waals surface area contributed by atoms with Crippen molar-refractivity contribution in [1.29, 1.82) is 0 Å². The number of hydrogen-bond acceptors (Lipinski definition) is 4. The Kier molecular flexibility index (Phi) is 5.46. The molecule has 27 heavy (non-hydrogen) atoms. The molecule has 0 saturated carbocycles. The van der Waals surface area contributed by atoms with E-state index in [1.165, 1.54) is 36.4 Å². The van der Waals surface area contributed by atoms with Gasteiger partial charge in [0, 0.05) is 23.8 Å². The maximum Gasteiger partial charge on any atom is 0.573 e. The van der Waals surface area contributed by atoms with Crippen LogP contribution in [0.3, 0.4) is 0 Å². The van der Waals surface area contributed by atoms with Crippen LogP contribution in [0.5, 0.6) is 17.2 Å². The van der Waals surface area contributed by atoms with E-state index in [9.17, 15) is 18.0 Å². The molecular weight excluding hydrogens is 387 g/mol. The van der Waals surface area contributed by atoms with E-state index >= 15 is 0 Å². The molecule has 0 saturated heterocycles. The van der Waals surface area contributed by atoms with Crippen LogP contribution in [-0.2, 0) is 4.79 Å². The van der Waals surface area contributed by atoms with E-state index in [1.54, 1.807) is 0 Å². The maximum atomic E-state index is 12.4. The summed E-state index contributed by atoms with van der Waals surface area (Å²) in [6.07, 6.45) is -2.54. The summed E-state index contributed by atoms with van der Waals surface area (Å²) >= 11 is 6.10. The van der Waals surface area contributed by atoms with Crippen LogP contribution in [0, 0.1) is 0 Å². The van der Waals surface area contributed by atoms with Crippen molar-refractivity contribution in [1.82, 2.24) is 0 Å². The highest BCUT2D eigenvalue weighted by atomic mass is 35.5.